The lowest BCUT2D eigenvalue weighted by Crippen LogP contribution is -2.14. The molecule has 3 heteroatoms. The summed E-state index contributed by atoms with van der Waals surface area (Å²) in [7, 11) is 0. The first kappa shape index (κ1) is 11.2. The lowest BCUT2D eigenvalue weighted by molar-refractivity contribution is 0.499. The molecule has 14 heavy (non-hydrogen) atoms. The Morgan fingerprint density at radius 3 is 2.57 bits per heavy atom. The number of halogens is 2. The minimum Gasteiger partial charge on any atom is -0.227 e. The largest absolute Gasteiger partial charge is 0.227 e. The second-order valence-corrected chi connectivity index (χ2v) is 4.40. The predicted molar refractivity (Wildman–Crippen MR) is 57.8 cm³/mol. The zero-order chi connectivity index (χ0) is 10.8. The van der Waals surface area contributed by atoms with Crippen LogP contribution in [0.2, 0.25) is 0 Å². The van der Waals surface area contributed by atoms with E-state index in [0.29, 0.717) is 5.56 Å². The van der Waals surface area contributed by atoms with Crippen molar-refractivity contribution < 1.29 is 4.39 Å². The van der Waals surface area contributed by atoms with Gasteiger partial charge >= 0.3 is 0 Å². The molecule has 0 aliphatic carbocycles. The molecule has 0 saturated heterocycles. The van der Waals surface area contributed by atoms with Crippen molar-refractivity contribution in [1.82, 2.24) is 4.98 Å². The summed E-state index contributed by atoms with van der Waals surface area (Å²) in [6.07, 6.45) is 3.15. The molecule has 0 aromatic carbocycles. The van der Waals surface area contributed by atoms with Gasteiger partial charge in [-0.25, -0.2) is 4.98 Å². The van der Waals surface area contributed by atoms with Gasteiger partial charge in [0.05, 0.1) is 0 Å². The molecule has 0 aliphatic rings. The van der Waals surface area contributed by atoms with E-state index in [1.807, 2.05) is 20.8 Å². The number of nitrogens with zero attached hydrogens (tertiary/aromatic N) is 1. The molecule has 0 atom stereocenters. The highest BCUT2D eigenvalue weighted by Crippen LogP contribution is 2.24. The van der Waals surface area contributed by atoms with Crippen LogP contribution in [0.4, 0.5) is 4.39 Å². The van der Waals surface area contributed by atoms with Crippen molar-refractivity contribution in [2.24, 2.45) is 0 Å². The van der Waals surface area contributed by atoms with Crippen molar-refractivity contribution in [3.05, 3.63) is 34.9 Å². The maximum absolute atomic E-state index is 13.3. The summed E-state index contributed by atoms with van der Waals surface area (Å²) in [4.78, 5) is 3.69. The van der Waals surface area contributed by atoms with Crippen molar-refractivity contribution in [2.45, 2.75) is 26.2 Å². The molecule has 0 spiro atoms. The highest BCUT2D eigenvalue weighted by atomic mass is 35.5. The molecule has 0 fully saturated rings. The van der Waals surface area contributed by atoms with E-state index in [-0.39, 0.29) is 5.41 Å². The monoisotopic (exact) mass is 213 g/mol. The van der Waals surface area contributed by atoms with E-state index in [4.69, 9.17) is 11.6 Å². The average Bonchev–Trinajstić information content (AvgIpc) is 2.07. The fraction of sp³-hybridized carbons (Fsp3) is 0.364. The summed E-state index contributed by atoms with van der Waals surface area (Å²) >= 11 is 5.44. The van der Waals surface area contributed by atoms with Crippen molar-refractivity contribution in [3.8, 4) is 0 Å². The van der Waals surface area contributed by atoms with Gasteiger partial charge in [-0.3, -0.25) is 0 Å². The Bertz CT molecular complexity index is 353. The van der Waals surface area contributed by atoms with Crippen molar-refractivity contribution in [3.63, 3.8) is 0 Å². The Labute approximate surface area is 88.6 Å². The van der Waals surface area contributed by atoms with Gasteiger partial charge in [0, 0.05) is 17.3 Å². The van der Waals surface area contributed by atoms with Crippen LogP contribution in [0, 0.1) is 5.95 Å². The third-order valence-corrected chi connectivity index (χ3v) is 2.05. The highest BCUT2D eigenvalue weighted by molar-refractivity contribution is 6.27. The number of hydrogen-bond acceptors (Lipinski definition) is 1. The summed E-state index contributed by atoms with van der Waals surface area (Å²) in [5.41, 5.74) is 2.56. The van der Waals surface area contributed by atoms with Gasteiger partial charge in [0.25, 0.3) is 0 Å². The molecule has 0 radical (unpaired) electrons. The van der Waals surface area contributed by atoms with E-state index in [1.54, 1.807) is 12.1 Å². The molecule has 0 N–H and O–H groups in total. The van der Waals surface area contributed by atoms with Gasteiger partial charge in [0.1, 0.15) is 0 Å². The van der Waals surface area contributed by atoms with E-state index < -0.39 is 5.95 Å². The summed E-state index contributed by atoms with van der Waals surface area (Å²) in [6, 6.07) is 1.77. The third kappa shape index (κ3) is 2.55. The zero-order valence-corrected chi connectivity index (χ0v) is 9.27. The number of rotatable bonds is 1. The molecular weight excluding hydrogens is 201 g/mol. The number of pyridine rings is 1. The van der Waals surface area contributed by atoms with E-state index in [0.717, 1.165) is 5.56 Å². The molecule has 1 aromatic rings. The first-order valence-corrected chi connectivity index (χ1v) is 4.81. The maximum Gasteiger partial charge on any atom is 0.216 e. The van der Waals surface area contributed by atoms with E-state index >= 15 is 0 Å². The molecule has 0 saturated carbocycles. The second kappa shape index (κ2) is 4.09. The van der Waals surface area contributed by atoms with E-state index in [9.17, 15) is 4.39 Å². The summed E-state index contributed by atoms with van der Waals surface area (Å²) in [6.45, 7) is 5.84. The minimum atomic E-state index is -0.413. The first-order chi connectivity index (χ1) is 6.45. The zero-order valence-electron chi connectivity index (χ0n) is 8.51. The van der Waals surface area contributed by atoms with Crippen LogP contribution < -0.4 is 0 Å². The molecule has 1 rings (SSSR count). The standard InChI is InChI=1S/C11H13ClFN/c1-11(2,3)9-6-8(4-5-12)7-14-10(9)13/h4-7H,1-3H3/b5-4+. The van der Waals surface area contributed by atoms with Gasteiger partial charge in [-0.15, -0.1) is 0 Å². The smallest absolute Gasteiger partial charge is 0.216 e. The molecule has 1 nitrogen and oxygen atoms in total. The van der Waals surface area contributed by atoms with Crippen LogP contribution in [0.3, 0.4) is 0 Å². The van der Waals surface area contributed by atoms with Crippen LogP contribution >= 0.6 is 11.6 Å². The molecule has 76 valence electrons. The fourth-order valence-electron chi connectivity index (χ4n) is 1.15. The summed E-state index contributed by atoms with van der Waals surface area (Å²) in [5.74, 6) is -0.413. The number of aromatic nitrogens is 1. The van der Waals surface area contributed by atoms with E-state index in [2.05, 4.69) is 4.98 Å². The molecule has 0 aliphatic heterocycles. The molecule has 0 amide bonds. The second-order valence-electron chi connectivity index (χ2n) is 4.15. The Hall–Kier alpha value is -0.890. The van der Waals surface area contributed by atoms with Crippen molar-refractivity contribution in [1.29, 1.82) is 0 Å². The fourth-order valence-corrected chi connectivity index (χ4v) is 1.30. The van der Waals surface area contributed by atoms with Crippen LogP contribution in [-0.2, 0) is 5.41 Å². The topological polar surface area (TPSA) is 12.9 Å². The SMILES string of the molecule is CC(C)(C)c1cc(/C=C/Cl)cnc1F. The molecule has 1 aromatic heterocycles. The van der Waals surface area contributed by atoms with Crippen LogP contribution in [0.15, 0.2) is 17.8 Å². The minimum absolute atomic E-state index is 0.243. The lowest BCUT2D eigenvalue weighted by Gasteiger charge is -2.19. The first-order valence-electron chi connectivity index (χ1n) is 4.38. The Balaban J connectivity index is 3.22. The van der Waals surface area contributed by atoms with Crippen molar-refractivity contribution in [2.75, 3.05) is 0 Å². The summed E-state index contributed by atoms with van der Waals surface area (Å²) in [5, 5.41) is 0. The Morgan fingerprint density at radius 1 is 1.43 bits per heavy atom. The predicted octanol–water partition coefficient (Wildman–Crippen LogP) is 3.73. The van der Waals surface area contributed by atoms with Crippen LogP contribution in [0.1, 0.15) is 31.9 Å². The third-order valence-electron chi connectivity index (χ3n) is 1.92. The van der Waals surface area contributed by atoms with Crippen LogP contribution in [-0.4, -0.2) is 4.98 Å². The van der Waals surface area contributed by atoms with Gasteiger partial charge in [0.15, 0.2) is 0 Å². The van der Waals surface area contributed by atoms with Gasteiger partial charge in [-0.2, -0.15) is 4.39 Å². The molecule has 1 heterocycles. The molecule has 0 unspecified atom stereocenters. The normalized spacial score (nSPS) is 12.4. The van der Waals surface area contributed by atoms with Crippen LogP contribution in [0.5, 0.6) is 0 Å². The Kier molecular flexibility index (Phi) is 3.27. The lowest BCUT2D eigenvalue weighted by atomic mass is 9.87. The van der Waals surface area contributed by atoms with E-state index in [1.165, 1.54) is 11.7 Å². The molecule has 0 bridgehead atoms. The van der Waals surface area contributed by atoms with Gasteiger partial charge in [-0.05, 0) is 23.1 Å². The quantitative estimate of drug-likeness (QED) is 0.648. The number of hydrogen-bond donors (Lipinski definition) is 0. The van der Waals surface area contributed by atoms with Gasteiger partial charge < -0.3 is 0 Å². The maximum atomic E-state index is 13.3. The average molecular weight is 214 g/mol. The summed E-state index contributed by atoms with van der Waals surface area (Å²) < 4.78 is 13.3. The van der Waals surface area contributed by atoms with Gasteiger partial charge in [-0.1, -0.05) is 32.4 Å². The van der Waals surface area contributed by atoms with Crippen LogP contribution in [0.25, 0.3) is 6.08 Å². The van der Waals surface area contributed by atoms with Gasteiger partial charge in [0.2, 0.25) is 5.95 Å². The Morgan fingerprint density at radius 2 is 2.07 bits per heavy atom. The highest BCUT2D eigenvalue weighted by Gasteiger charge is 2.19. The van der Waals surface area contributed by atoms with Crippen molar-refractivity contribution >= 4 is 17.7 Å². The molecular formula is C11H13ClFN.